The fraction of sp³-hybridized carbons (Fsp3) is 0.533. The molecule has 1 aliphatic rings. The summed E-state index contributed by atoms with van der Waals surface area (Å²) in [5, 5.41) is 3.49. The van der Waals surface area contributed by atoms with E-state index in [9.17, 15) is 4.79 Å². The van der Waals surface area contributed by atoms with E-state index in [0.29, 0.717) is 22.8 Å². The van der Waals surface area contributed by atoms with Crippen LogP contribution < -0.4 is 11.1 Å². The van der Waals surface area contributed by atoms with E-state index in [4.69, 9.17) is 17.3 Å². The lowest BCUT2D eigenvalue weighted by Crippen LogP contribution is -2.43. The Kier molecular flexibility index (Phi) is 4.55. The molecule has 0 atom stereocenters. The van der Waals surface area contributed by atoms with Gasteiger partial charge in [0.25, 0.3) is 5.91 Å². The fourth-order valence-electron chi connectivity index (χ4n) is 2.42. The lowest BCUT2D eigenvalue weighted by atomic mass is 9.80. The molecular formula is C15H22ClN3O. The Morgan fingerprint density at radius 2 is 2.10 bits per heavy atom. The quantitative estimate of drug-likeness (QED) is 0.842. The molecule has 0 aromatic heterocycles. The molecule has 0 unspecified atom stereocenters. The van der Waals surface area contributed by atoms with E-state index in [0.717, 1.165) is 25.9 Å². The van der Waals surface area contributed by atoms with Crippen molar-refractivity contribution in [1.29, 1.82) is 0 Å². The van der Waals surface area contributed by atoms with E-state index >= 15 is 0 Å². The zero-order valence-corrected chi connectivity index (χ0v) is 12.8. The van der Waals surface area contributed by atoms with Gasteiger partial charge >= 0.3 is 0 Å². The molecule has 110 valence electrons. The summed E-state index contributed by atoms with van der Waals surface area (Å²) >= 11 is 5.86. The minimum atomic E-state index is -0.0893. The van der Waals surface area contributed by atoms with Crippen LogP contribution in [0.3, 0.4) is 0 Å². The van der Waals surface area contributed by atoms with Crippen molar-refractivity contribution in [2.45, 2.75) is 19.8 Å². The average molecular weight is 296 g/mol. The third-order valence-corrected chi connectivity index (χ3v) is 4.47. The first kappa shape index (κ1) is 15.1. The topological polar surface area (TPSA) is 58.4 Å². The van der Waals surface area contributed by atoms with Crippen molar-refractivity contribution in [3.63, 3.8) is 0 Å². The van der Waals surface area contributed by atoms with Crippen molar-refractivity contribution in [2.24, 2.45) is 5.41 Å². The second kappa shape index (κ2) is 6.02. The van der Waals surface area contributed by atoms with Crippen molar-refractivity contribution >= 4 is 23.2 Å². The van der Waals surface area contributed by atoms with Gasteiger partial charge in [-0.15, -0.1) is 0 Å². The Morgan fingerprint density at radius 1 is 1.45 bits per heavy atom. The summed E-state index contributed by atoms with van der Waals surface area (Å²) < 4.78 is 0. The number of halogens is 1. The van der Waals surface area contributed by atoms with Gasteiger partial charge in [0.2, 0.25) is 0 Å². The second-order valence-electron chi connectivity index (χ2n) is 6.03. The van der Waals surface area contributed by atoms with Crippen LogP contribution in [0.2, 0.25) is 5.02 Å². The van der Waals surface area contributed by atoms with E-state index in [2.05, 4.69) is 24.2 Å². The molecule has 2 rings (SSSR count). The molecular weight excluding hydrogens is 274 g/mol. The van der Waals surface area contributed by atoms with Gasteiger partial charge in [-0.1, -0.05) is 18.5 Å². The number of benzene rings is 1. The van der Waals surface area contributed by atoms with Gasteiger partial charge < -0.3 is 16.0 Å². The first-order chi connectivity index (χ1) is 9.39. The highest BCUT2D eigenvalue weighted by atomic mass is 35.5. The Balaban J connectivity index is 1.93. The lowest BCUT2D eigenvalue weighted by Gasteiger charge is -2.37. The van der Waals surface area contributed by atoms with Gasteiger partial charge in [0.1, 0.15) is 0 Å². The number of likely N-dealkylation sites (tertiary alicyclic amines) is 1. The maximum atomic E-state index is 12.1. The standard InChI is InChI=1S/C15H22ClN3O/c1-15(5-7-19(2)8-6-15)10-18-14(20)11-3-4-12(16)13(17)9-11/h3-4,9H,5-8,10,17H2,1-2H3,(H,18,20). The number of rotatable bonds is 3. The third kappa shape index (κ3) is 3.64. The van der Waals surface area contributed by atoms with Crippen LogP contribution in [-0.2, 0) is 0 Å². The van der Waals surface area contributed by atoms with Gasteiger partial charge in [0.05, 0.1) is 10.7 Å². The number of nitrogens with zero attached hydrogens (tertiary/aromatic N) is 1. The highest BCUT2D eigenvalue weighted by Gasteiger charge is 2.29. The van der Waals surface area contributed by atoms with Crippen molar-refractivity contribution in [2.75, 3.05) is 32.4 Å². The maximum absolute atomic E-state index is 12.1. The van der Waals surface area contributed by atoms with Gasteiger partial charge in [0, 0.05) is 12.1 Å². The van der Waals surface area contributed by atoms with Crippen molar-refractivity contribution in [1.82, 2.24) is 10.2 Å². The summed E-state index contributed by atoms with van der Waals surface area (Å²) in [6.07, 6.45) is 2.21. The van der Waals surface area contributed by atoms with Crippen LogP contribution in [0, 0.1) is 5.41 Å². The predicted octanol–water partition coefficient (Wildman–Crippen LogP) is 2.38. The maximum Gasteiger partial charge on any atom is 0.251 e. The van der Waals surface area contributed by atoms with Crippen LogP contribution in [0.1, 0.15) is 30.1 Å². The zero-order valence-electron chi connectivity index (χ0n) is 12.1. The van der Waals surface area contributed by atoms with E-state index in [1.165, 1.54) is 0 Å². The summed E-state index contributed by atoms with van der Waals surface area (Å²) in [4.78, 5) is 14.5. The molecule has 0 spiro atoms. The summed E-state index contributed by atoms with van der Waals surface area (Å²) in [6.45, 7) is 5.10. The molecule has 0 radical (unpaired) electrons. The largest absolute Gasteiger partial charge is 0.398 e. The molecule has 1 saturated heterocycles. The smallest absolute Gasteiger partial charge is 0.251 e. The Labute approximate surface area is 125 Å². The first-order valence-electron chi connectivity index (χ1n) is 6.91. The van der Waals surface area contributed by atoms with Gasteiger partial charge in [-0.3, -0.25) is 4.79 Å². The molecule has 1 heterocycles. The number of piperidine rings is 1. The van der Waals surface area contributed by atoms with Gasteiger partial charge in [0.15, 0.2) is 0 Å². The number of amides is 1. The number of anilines is 1. The highest BCUT2D eigenvalue weighted by Crippen LogP contribution is 2.29. The first-order valence-corrected chi connectivity index (χ1v) is 7.29. The lowest BCUT2D eigenvalue weighted by molar-refractivity contribution is 0.0891. The molecule has 0 saturated carbocycles. The van der Waals surface area contributed by atoms with Crippen LogP contribution in [0.5, 0.6) is 0 Å². The molecule has 0 bridgehead atoms. The van der Waals surface area contributed by atoms with Gasteiger partial charge in [-0.25, -0.2) is 0 Å². The summed E-state index contributed by atoms with van der Waals surface area (Å²) in [5.41, 5.74) is 6.90. The average Bonchev–Trinajstić information content (AvgIpc) is 2.43. The molecule has 1 fully saturated rings. The molecule has 0 aliphatic carbocycles. The number of hydrogen-bond donors (Lipinski definition) is 2. The minimum Gasteiger partial charge on any atom is -0.398 e. The normalized spacial score (nSPS) is 18.8. The monoisotopic (exact) mass is 295 g/mol. The number of nitrogens with one attached hydrogen (secondary N) is 1. The minimum absolute atomic E-state index is 0.0893. The molecule has 5 heteroatoms. The number of nitrogen functional groups attached to an aromatic ring is 1. The van der Waals surface area contributed by atoms with E-state index in [1.807, 2.05) is 0 Å². The zero-order chi connectivity index (χ0) is 14.8. The molecule has 1 aliphatic heterocycles. The Bertz CT molecular complexity index is 496. The number of hydrogen-bond acceptors (Lipinski definition) is 3. The van der Waals surface area contributed by atoms with Crippen LogP contribution in [0.4, 0.5) is 5.69 Å². The van der Waals surface area contributed by atoms with Crippen LogP contribution >= 0.6 is 11.6 Å². The van der Waals surface area contributed by atoms with E-state index in [1.54, 1.807) is 18.2 Å². The summed E-state index contributed by atoms with van der Waals surface area (Å²) in [6, 6.07) is 4.97. The molecule has 1 amide bonds. The highest BCUT2D eigenvalue weighted by molar-refractivity contribution is 6.33. The number of nitrogens with two attached hydrogens (primary N) is 1. The molecule has 3 N–H and O–H groups in total. The number of carbonyl (C=O) groups is 1. The SMILES string of the molecule is CN1CCC(C)(CNC(=O)c2ccc(Cl)c(N)c2)CC1. The van der Waals surface area contributed by atoms with Gasteiger partial charge in [-0.05, 0) is 56.6 Å². The third-order valence-electron chi connectivity index (χ3n) is 4.13. The van der Waals surface area contributed by atoms with E-state index in [-0.39, 0.29) is 11.3 Å². The molecule has 1 aromatic rings. The van der Waals surface area contributed by atoms with Crippen LogP contribution in [0.25, 0.3) is 0 Å². The van der Waals surface area contributed by atoms with Crippen LogP contribution in [0.15, 0.2) is 18.2 Å². The number of carbonyl (C=O) groups excluding carboxylic acids is 1. The molecule has 4 nitrogen and oxygen atoms in total. The van der Waals surface area contributed by atoms with E-state index < -0.39 is 0 Å². The summed E-state index contributed by atoms with van der Waals surface area (Å²) in [5.74, 6) is -0.0893. The predicted molar refractivity (Wildman–Crippen MR) is 83.0 cm³/mol. The van der Waals surface area contributed by atoms with Crippen molar-refractivity contribution in [3.05, 3.63) is 28.8 Å². The van der Waals surface area contributed by atoms with Crippen LogP contribution in [-0.4, -0.2) is 37.5 Å². The Morgan fingerprint density at radius 3 is 2.70 bits per heavy atom. The van der Waals surface area contributed by atoms with Crippen molar-refractivity contribution < 1.29 is 4.79 Å². The van der Waals surface area contributed by atoms with Crippen molar-refractivity contribution in [3.8, 4) is 0 Å². The molecule has 1 aromatic carbocycles. The fourth-order valence-corrected chi connectivity index (χ4v) is 2.53. The second-order valence-corrected chi connectivity index (χ2v) is 6.44. The van der Waals surface area contributed by atoms with Gasteiger partial charge in [-0.2, -0.15) is 0 Å². The molecule has 20 heavy (non-hydrogen) atoms. The Hall–Kier alpha value is -1.26. The summed E-state index contributed by atoms with van der Waals surface area (Å²) in [7, 11) is 2.13.